The van der Waals surface area contributed by atoms with Crippen molar-refractivity contribution in [3.05, 3.63) is 12.2 Å². The molecule has 0 radical (unpaired) electrons. The second kappa shape index (κ2) is 4.99. The van der Waals surface area contributed by atoms with Crippen LogP contribution in [0, 0.1) is 0 Å². The van der Waals surface area contributed by atoms with E-state index < -0.39 is 6.10 Å². The summed E-state index contributed by atoms with van der Waals surface area (Å²) in [7, 11) is 0. The first-order valence-corrected chi connectivity index (χ1v) is 4.48. The molecule has 1 saturated heterocycles. The van der Waals surface area contributed by atoms with Gasteiger partial charge in [-0.2, -0.15) is 0 Å². The second-order valence-electron chi connectivity index (χ2n) is 3.09. The SMILES string of the molecule is C/C=C/CN1CCOC(C(N)=O)C1. The van der Waals surface area contributed by atoms with Gasteiger partial charge in [0, 0.05) is 19.6 Å². The number of primary amides is 1. The summed E-state index contributed by atoms with van der Waals surface area (Å²) in [5, 5.41) is 0. The van der Waals surface area contributed by atoms with Crippen molar-refractivity contribution in [1.29, 1.82) is 0 Å². The normalized spacial score (nSPS) is 25.2. The Hall–Kier alpha value is -0.870. The fourth-order valence-corrected chi connectivity index (χ4v) is 1.29. The van der Waals surface area contributed by atoms with Crippen LogP contribution >= 0.6 is 0 Å². The van der Waals surface area contributed by atoms with E-state index in [4.69, 9.17) is 10.5 Å². The average Bonchev–Trinajstić information content (AvgIpc) is 2.15. The zero-order valence-corrected chi connectivity index (χ0v) is 7.90. The van der Waals surface area contributed by atoms with E-state index in [1.54, 1.807) is 0 Å². The summed E-state index contributed by atoms with van der Waals surface area (Å²) in [6.07, 6.45) is 3.62. The first-order chi connectivity index (χ1) is 6.24. The minimum absolute atomic E-state index is 0.370. The van der Waals surface area contributed by atoms with Gasteiger partial charge in [-0.25, -0.2) is 0 Å². The van der Waals surface area contributed by atoms with E-state index in [1.165, 1.54) is 0 Å². The average molecular weight is 184 g/mol. The predicted molar refractivity (Wildman–Crippen MR) is 50.2 cm³/mol. The molecule has 0 aliphatic carbocycles. The molecule has 0 saturated carbocycles. The molecule has 2 N–H and O–H groups in total. The van der Waals surface area contributed by atoms with Crippen molar-refractivity contribution in [3.63, 3.8) is 0 Å². The van der Waals surface area contributed by atoms with Crippen molar-refractivity contribution in [2.75, 3.05) is 26.2 Å². The summed E-state index contributed by atoms with van der Waals surface area (Å²) in [5.41, 5.74) is 5.15. The Kier molecular flexibility index (Phi) is 3.92. The van der Waals surface area contributed by atoms with Gasteiger partial charge in [0.2, 0.25) is 5.91 Å². The van der Waals surface area contributed by atoms with Gasteiger partial charge in [0.15, 0.2) is 0 Å². The van der Waals surface area contributed by atoms with Gasteiger partial charge in [-0.05, 0) is 6.92 Å². The van der Waals surface area contributed by atoms with Crippen LogP contribution in [0.1, 0.15) is 6.92 Å². The van der Waals surface area contributed by atoms with E-state index in [-0.39, 0.29) is 5.91 Å². The van der Waals surface area contributed by atoms with Gasteiger partial charge < -0.3 is 10.5 Å². The van der Waals surface area contributed by atoms with Crippen LogP contribution in [0.4, 0.5) is 0 Å². The molecule has 1 aliphatic rings. The molecule has 0 spiro atoms. The van der Waals surface area contributed by atoms with Crippen molar-refractivity contribution < 1.29 is 9.53 Å². The molecule has 1 fully saturated rings. The van der Waals surface area contributed by atoms with E-state index in [0.29, 0.717) is 13.2 Å². The highest BCUT2D eigenvalue weighted by molar-refractivity contribution is 5.79. The van der Waals surface area contributed by atoms with Crippen molar-refractivity contribution >= 4 is 5.91 Å². The number of nitrogens with two attached hydrogens (primary N) is 1. The smallest absolute Gasteiger partial charge is 0.247 e. The summed E-state index contributed by atoms with van der Waals surface area (Å²) in [4.78, 5) is 13.0. The number of amides is 1. The number of nitrogens with zero attached hydrogens (tertiary/aromatic N) is 1. The maximum Gasteiger partial charge on any atom is 0.247 e. The largest absolute Gasteiger partial charge is 0.367 e. The minimum atomic E-state index is -0.431. The molecule has 1 heterocycles. The second-order valence-corrected chi connectivity index (χ2v) is 3.09. The van der Waals surface area contributed by atoms with Gasteiger partial charge >= 0.3 is 0 Å². The van der Waals surface area contributed by atoms with E-state index in [9.17, 15) is 4.79 Å². The van der Waals surface area contributed by atoms with Crippen LogP contribution in [0.25, 0.3) is 0 Å². The highest BCUT2D eigenvalue weighted by Gasteiger charge is 2.23. The molecule has 13 heavy (non-hydrogen) atoms. The predicted octanol–water partition coefficient (Wildman–Crippen LogP) is -0.251. The van der Waals surface area contributed by atoms with E-state index in [0.717, 1.165) is 13.1 Å². The lowest BCUT2D eigenvalue weighted by molar-refractivity contribution is -0.134. The van der Waals surface area contributed by atoms with Crippen molar-refractivity contribution in [2.24, 2.45) is 5.73 Å². The number of allylic oxidation sites excluding steroid dienone is 1. The number of hydrogen-bond acceptors (Lipinski definition) is 3. The van der Waals surface area contributed by atoms with Crippen LogP contribution in [-0.4, -0.2) is 43.2 Å². The van der Waals surface area contributed by atoms with E-state index in [2.05, 4.69) is 11.0 Å². The fourth-order valence-electron chi connectivity index (χ4n) is 1.29. The minimum Gasteiger partial charge on any atom is -0.367 e. The first-order valence-electron chi connectivity index (χ1n) is 4.48. The monoisotopic (exact) mass is 184 g/mol. The molecule has 0 aromatic carbocycles. The number of hydrogen-bond donors (Lipinski definition) is 1. The highest BCUT2D eigenvalue weighted by Crippen LogP contribution is 2.04. The van der Waals surface area contributed by atoms with Gasteiger partial charge in [0.1, 0.15) is 6.10 Å². The van der Waals surface area contributed by atoms with Gasteiger partial charge in [0.05, 0.1) is 6.61 Å². The summed E-state index contributed by atoms with van der Waals surface area (Å²) in [6, 6.07) is 0. The molecule has 1 atom stereocenters. The number of carbonyl (C=O) groups excluding carboxylic acids is 1. The maximum absolute atomic E-state index is 10.8. The Morgan fingerprint density at radius 2 is 2.54 bits per heavy atom. The van der Waals surface area contributed by atoms with Crippen molar-refractivity contribution in [1.82, 2.24) is 4.90 Å². The standard InChI is InChI=1S/C9H16N2O2/c1-2-3-4-11-5-6-13-8(7-11)9(10)12/h2-3,8H,4-7H2,1H3,(H2,10,12)/b3-2+. The molecule has 1 rings (SSSR count). The molecule has 1 unspecified atom stereocenters. The van der Waals surface area contributed by atoms with Gasteiger partial charge in [0.25, 0.3) is 0 Å². The topological polar surface area (TPSA) is 55.6 Å². The molecule has 0 aromatic rings. The van der Waals surface area contributed by atoms with Crippen LogP contribution in [0.5, 0.6) is 0 Å². The zero-order valence-electron chi connectivity index (χ0n) is 7.90. The Morgan fingerprint density at radius 3 is 3.15 bits per heavy atom. The van der Waals surface area contributed by atoms with Crippen molar-refractivity contribution in [2.45, 2.75) is 13.0 Å². The van der Waals surface area contributed by atoms with Crippen LogP contribution in [0.15, 0.2) is 12.2 Å². The molecule has 74 valence electrons. The van der Waals surface area contributed by atoms with E-state index in [1.807, 2.05) is 13.0 Å². The zero-order chi connectivity index (χ0) is 9.68. The molecule has 4 heteroatoms. The number of morpholine rings is 1. The van der Waals surface area contributed by atoms with Gasteiger partial charge in [-0.15, -0.1) is 0 Å². The third-order valence-electron chi connectivity index (χ3n) is 2.07. The number of ether oxygens (including phenoxy) is 1. The van der Waals surface area contributed by atoms with Crippen LogP contribution in [0.3, 0.4) is 0 Å². The first kappa shape index (κ1) is 10.2. The van der Waals surface area contributed by atoms with Gasteiger partial charge in [-0.1, -0.05) is 12.2 Å². The van der Waals surface area contributed by atoms with Gasteiger partial charge in [-0.3, -0.25) is 9.69 Å². The number of rotatable bonds is 3. The Balaban J connectivity index is 2.37. The fraction of sp³-hybridized carbons (Fsp3) is 0.667. The third-order valence-corrected chi connectivity index (χ3v) is 2.07. The Labute approximate surface area is 78.3 Å². The quantitative estimate of drug-likeness (QED) is 0.615. The summed E-state index contributed by atoms with van der Waals surface area (Å²) in [6.45, 7) is 4.91. The highest BCUT2D eigenvalue weighted by atomic mass is 16.5. The number of carbonyl (C=O) groups is 1. The lowest BCUT2D eigenvalue weighted by atomic mass is 10.2. The maximum atomic E-state index is 10.8. The molecule has 0 aromatic heterocycles. The molecular weight excluding hydrogens is 168 g/mol. The van der Waals surface area contributed by atoms with Crippen molar-refractivity contribution in [3.8, 4) is 0 Å². The molecular formula is C9H16N2O2. The van der Waals surface area contributed by atoms with Crippen LogP contribution in [-0.2, 0) is 9.53 Å². The summed E-state index contributed by atoms with van der Waals surface area (Å²) >= 11 is 0. The summed E-state index contributed by atoms with van der Waals surface area (Å²) < 4.78 is 5.21. The molecule has 1 amide bonds. The molecule has 0 bridgehead atoms. The Bertz CT molecular complexity index is 204. The third kappa shape index (κ3) is 3.16. The summed E-state index contributed by atoms with van der Waals surface area (Å²) in [5.74, 6) is -0.370. The molecule has 4 nitrogen and oxygen atoms in total. The lowest BCUT2D eigenvalue weighted by Crippen LogP contribution is -2.48. The Morgan fingerprint density at radius 1 is 1.77 bits per heavy atom. The van der Waals surface area contributed by atoms with Crippen LogP contribution < -0.4 is 5.73 Å². The van der Waals surface area contributed by atoms with Crippen LogP contribution in [0.2, 0.25) is 0 Å². The lowest BCUT2D eigenvalue weighted by Gasteiger charge is -2.30. The molecule has 1 aliphatic heterocycles. The van der Waals surface area contributed by atoms with E-state index >= 15 is 0 Å².